The lowest BCUT2D eigenvalue weighted by atomic mass is 9.96. The largest absolute Gasteiger partial charge is 0.456 e. The quantitative estimate of drug-likeness (QED) is 0.715. The Morgan fingerprint density at radius 1 is 1.17 bits per heavy atom. The Labute approximate surface area is 176 Å². The molecular weight excluding hydrogens is 413 g/mol. The van der Waals surface area contributed by atoms with E-state index >= 15 is 0 Å². The molecule has 3 amide bonds. The van der Waals surface area contributed by atoms with Crippen LogP contribution in [0.1, 0.15) is 17.2 Å². The number of nitrogens with zero attached hydrogens (tertiary/aromatic N) is 1. The molecule has 2 aromatic rings. The first-order valence-electron chi connectivity index (χ1n) is 9.17. The Hall–Kier alpha value is -3.39. The highest BCUT2D eigenvalue weighted by atomic mass is 35.5. The van der Waals surface area contributed by atoms with E-state index in [2.05, 4.69) is 10.6 Å². The van der Waals surface area contributed by atoms with Gasteiger partial charge in [0.1, 0.15) is 19.0 Å². The third-order valence-corrected chi connectivity index (χ3v) is 5.16. The molecule has 2 aliphatic rings. The van der Waals surface area contributed by atoms with Gasteiger partial charge in [-0.1, -0.05) is 35.9 Å². The van der Waals surface area contributed by atoms with E-state index in [1.54, 1.807) is 36.4 Å². The van der Waals surface area contributed by atoms with E-state index in [-0.39, 0.29) is 25.5 Å². The zero-order chi connectivity index (χ0) is 21.3. The molecule has 1 unspecified atom stereocenters. The smallest absolute Gasteiger partial charge is 0.338 e. The van der Waals surface area contributed by atoms with E-state index in [0.717, 1.165) is 5.56 Å². The Balaban J connectivity index is 1.51. The zero-order valence-corrected chi connectivity index (χ0v) is 16.4. The summed E-state index contributed by atoms with van der Waals surface area (Å²) in [6.45, 7) is -0.184. The lowest BCUT2D eigenvalue weighted by Crippen LogP contribution is -2.50. The molecule has 0 saturated carbocycles. The summed E-state index contributed by atoms with van der Waals surface area (Å²) in [6, 6.07) is 11.3. The van der Waals surface area contributed by atoms with Crippen LogP contribution in [-0.4, -0.2) is 36.0 Å². The van der Waals surface area contributed by atoms with Gasteiger partial charge in [0, 0.05) is 11.6 Å². The van der Waals surface area contributed by atoms with Gasteiger partial charge in [-0.25, -0.2) is 14.0 Å². The van der Waals surface area contributed by atoms with Crippen LogP contribution in [0.25, 0.3) is 0 Å². The molecule has 0 fully saturated rings. The minimum absolute atomic E-state index is 0.0864. The fraction of sp³-hybridized carbons (Fsp3) is 0.190. The first-order chi connectivity index (χ1) is 14.4. The number of benzene rings is 2. The summed E-state index contributed by atoms with van der Waals surface area (Å²) >= 11 is 5.92. The van der Waals surface area contributed by atoms with Crippen LogP contribution in [0.4, 0.5) is 9.18 Å². The Kier molecular flexibility index (Phi) is 5.41. The van der Waals surface area contributed by atoms with Gasteiger partial charge in [0.05, 0.1) is 17.3 Å². The molecule has 4 rings (SSSR count). The van der Waals surface area contributed by atoms with Crippen molar-refractivity contribution in [2.24, 2.45) is 0 Å². The van der Waals surface area contributed by atoms with Crippen LogP contribution in [0.3, 0.4) is 0 Å². The van der Waals surface area contributed by atoms with E-state index in [1.807, 2.05) is 0 Å². The molecule has 1 atom stereocenters. The van der Waals surface area contributed by atoms with Crippen molar-refractivity contribution in [3.63, 3.8) is 0 Å². The SMILES string of the molecule is O=C(CN1C(=O)NC(c2ccc(Cl)cc2)C2=C1COC2=O)NCc1ccc(F)cc1. The standard InChI is InChI=1S/C21H17ClFN3O4/c22-14-5-3-13(4-6-14)19-18-16(11-30-20(18)28)26(21(29)25-19)10-17(27)24-9-12-1-7-15(23)8-2-12/h1-8,19H,9-11H2,(H,24,27)(H,25,29). The highest BCUT2D eigenvalue weighted by Crippen LogP contribution is 2.35. The lowest BCUT2D eigenvalue weighted by molar-refractivity contribution is -0.136. The molecule has 154 valence electrons. The Bertz CT molecular complexity index is 1040. The first kappa shape index (κ1) is 19.9. The topological polar surface area (TPSA) is 87.7 Å². The monoisotopic (exact) mass is 429 g/mol. The number of hydrogen-bond acceptors (Lipinski definition) is 4. The summed E-state index contributed by atoms with van der Waals surface area (Å²) in [5.41, 5.74) is 2.05. The number of rotatable bonds is 5. The number of nitrogens with one attached hydrogen (secondary N) is 2. The second-order valence-corrected chi connectivity index (χ2v) is 7.30. The predicted octanol–water partition coefficient (Wildman–Crippen LogP) is 2.67. The molecule has 0 saturated heterocycles. The number of urea groups is 1. The molecule has 2 heterocycles. The maximum Gasteiger partial charge on any atom is 0.338 e. The second-order valence-electron chi connectivity index (χ2n) is 6.86. The summed E-state index contributed by atoms with van der Waals surface area (Å²) < 4.78 is 18.1. The minimum Gasteiger partial charge on any atom is -0.456 e. The van der Waals surface area contributed by atoms with Gasteiger partial charge in [-0.05, 0) is 35.4 Å². The van der Waals surface area contributed by atoms with Gasteiger partial charge in [-0.15, -0.1) is 0 Å². The third-order valence-electron chi connectivity index (χ3n) is 4.91. The minimum atomic E-state index is -0.682. The van der Waals surface area contributed by atoms with E-state index in [4.69, 9.17) is 16.3 Å². The van der Waals surface area contributed by atoms with Crippen LogP contribution in [0.15, 0.2) is 59.8 Å². The Morgan fingerprint density at radius 3 is 2.57 bits per heavy atom. The van der Waals surface area contributed by atoms with Crippen LogP contribution < -0.4 is 10.6 Å². The van der Waals surface area contributed by atoms with Crippen molar-refractivity contribution in [1.29, 1.82) is 0 Å². The van der Waals surface area contributed by atoms with Crippen molar-refractivity contribution in [3.05, 3.63) is 81.8 Å². The van der Waals surface area contributed by atoms with E-state index in [1.165, 1.54) is 17.0 Å². The van der Waals surface area contributed by atoms with Crippen LogP contribution in [-0.2, 0) is 20.9 Å². The number of cyclic esters (lactones) is 1. The Morgan fingerprint density at radius 2 is 1.87 bits per heavy atom. The molecule has 2 aliphatic heterocycles. The highest BCUT2D eigenvalue weighted by molar-refractivity contribution is 6.30. The molecule has 0 aliphatic carbocycles. The fourth-order valence-corrected chi connectivity index (χ4v) is 3.51. The average Bonchev–Trinajstić information content (AvgIpc) is 3.12. The van der Waals surface area contributed by atoms with Gasteiger partial charge in [0.25, 0.3) is 0 Å². The van der Waals surface area contributed by atoms with Crippen molar-refractivity contribution in [1.82, 2.24) is 15.5 Å². The molecule has 0 aromatic heterocycles. The molecule has 2 aromatic carbocycles. The van der Waals surface area contributed by atoms with Crippen molar-refractivity contribution in [3.8, 4) is 0 Å². The lowest BCUT2D eigenvalue weighted by Gasteiger charge is -2.32. The normalized spacial score (nSPS) is 18.1. The molecule has 0 radical (unpaired) electrons. The molecule has 0 bridgehead atoms. The molecule has 7 nitrogen and oxygen atoms in total. The average molecular weight is 430 g/mol. The fourth-order valence-electron chi connectivity index (χ4n) is 3.39. The molecule has 0 spiro atoms. The van der Waals surface area contributed by atoms with Gasteiger partial charge >= 0.3 is 12.0 Å². The summed E-state index contributed by atoms with van der Waals surface area (Å²) in [6.07, 6.45) is 0. The zero-order valence-electron chi connectivity index (χ0n) is 15.7. The van der Waals surface area contributed by atoms with Crippen LogP contribution >= 0.6 is 11.6 Å². The third kappa shape index (κ3) is 3.99. The summed E-state index contributed by atoms with van der Waals surface area (Å²) in [5.74, 6) is -1.33. The van der Waals surface area contributed by atoms with Crippen molar-refractivity contribution >= 4 is 29.5 Å². The number of carbonyl (C=O) groups is 3. The van der Waals surface area contributed by atoms with Gasteiger partial charge < -0.3 is 15.4 Å². The van der Waals surface area contributed by atoms with Crippen molar-refractivity contribution < 1.29 is 23.5 Å². The number of carbonyl (C=O) groups excluding carboxylic acids is 3. The molecule has 30 heavy (non-hydrogen) atoms. The van der Waals surface area contributed by atoms with Gasteiger partial charge in [-0.3, -0.25) is 9.69 Å². The van der Waals surface area contributed by atoms with Gasteiger partial charge in [-0.2, -0.15) is 0 Å². The van der Waals surface area contributed by atoms with Crippen LogP contribution in [0.5, 0.6) is 0 Å². The maximum atomic E-state index is 13.0. The summed E-state index contributed by atoms with van der Waals surface area (Å²) in [5, 5.41) is 5.96. The number of amides is 3. The van der Waals surface area contributed by atoms with Crippen LogP contribution in [0, 0.1) is 5.82 Å². The van der Waals surface area contributed by atoms with Gasteiger partial charge in [0.2, 0.25) is 5.91 Å². The van der Waals surface area contributed by atoms with Gasteiger partial charge in [0.15, 0.2) is 0 Å². The predicted molar refractivity (Wildman–Crippen MR) is 106 cm³/mol. The van der Waals surface area contributed by atoms with E-state index in [0.29, 0.717) is 21.9 Å². The summed E-state index contributed by atoms with van der Waals surface area (Å²) in [7, 11) is 0. The molecule has 9 heteroatoms. The number of halogens is 2. The van der Waals surface area contributed by atoms with E-state index in [9.17, 15) is 18.8 Å². The van der Waals surface area contributed by atoms with Crippen molar-refractivity contribution in [2.45, 2.75) is 12.6 Å². The summed E-state index contributed by atoms with van der Waals surface area (Å²) in [4.78, 5) is 38.6. The number of hydrogen-bond donors (Lipinski definition) is 2. The molecular formula is C21H17ClFN3O4. The van der Waals surface area contributed by atoms with Crippen LogP contribution in [0.2, 0.25) is 5.02 Å². The molecule has 2 N–H and O–H groups in total. The van der Waals surface area contributed by atoms with Crippen molar-refractivity contribution in [2.75, 3.05) is 13.2 Å². The number of esters is 1. The second kappa shape index (κ2) is 8.16. The number of ether oxygens (including phenoxy) is 1. The van der Waals surface area contributed by atoms with E-state index < -0.39 is 23.9 Å². The highest BCUT2D eigenvalue weighted by Gasteiger charge is 2.42. The first-order valence-corrected chi connectivity index (χ1v) is 9.55. The maximum absolute atomic E-state index is 13.0.